The van der Waals surface area contributed by atoms with Gasteiger partial charge in [-0.3, -0.25) is 0 Å². The lowest BCUT2D eigenvalue weighted by molar-refractivity contribution is 0.674. The smallest absolute Gasteiger partial charge is 0.187 e. The highest BCUT2D eigenvalue weighted by Gasteiger charge is 2.19. The van der Waals surface area contributed by atoms with Crippen molar-refractivity contribution in [1.29, 1.82) is 0 Å². The van der Waals surface area contributed by atoms with Crippen molar-refractivity contribution >= 4 is 11.8 Å². The van der Waals surface area contributed by atoms with Gasteiger partial charge in [0, 0.05) is 24.2 Å². The van der Waals surface area contributed by atoms with Crippen molar-refractivity contribution in [3.63, 3.8) is 0 Å². The van der Waals surface area contributed by atoms with Gasteiger partial charge in [0.2, 0.25) is 0 Å². The minimum absolute atomic E-state index is 0.827. The van der Waals surface area contributed by atoms with Gasteiger partial charge in [-0.15, -0.1) is 0 Å². The zero-order valence-electron chi connectivity index (χ0n) is 8.15. The van der Waals surface area contributed by atoms with Crippen molar-refractivity contribution in [1.82, 2.24) is 15.3 Å². The van der Waals surface area contributed by atoms with Crippen LogP contribution in [0.1, 0.15) is 19.3 Å². The first-order chi connectivity index (χ1) is 6.95. The number of thioether (sulfide) groups is 1. The summed E-state index contributed by atoms with van der Waals surface area (Å²) in [6.07, 6.45) is 7.51. The SMILES string of the molecule is c1cnc(SCCCNC2CC2)nc1. The van der Waals surface area contributed by atoms with E-state index in [-0.39, 0.29) is 0 Å². The molecular formula is C10H15N3S. The van der Waals surface area contributed by atoms with Crippen molar-refractivity contribution in [2.75, 3.05) is 12.3 Å². The molecule has 1 aliphatic rings. The molecule has 0 aromatic carbocycles. The van der Waals surface area contributed by atoms with E-state index < -0.39 is 0 Å². The van der Waals surface area contributed by atoms with Crippen molar-refractivity contribution < 1.29 is 0 Å². The molecule has 1 heterocycles. The molecule has 0 atom stereocenters. The van der Waals surface area contributed by atoms with Crippen LogP contribution in [0.15, 0.2) is 23.6 Å². The van der Waals surface area contributed by atoms with Gasteiger partial charge in [0.15, 0.2) is 5.16 Å². The lowest BCUT2D eigenvalue weighted by atomic mass is 10.5. The van der Waals surface area contributed by atoms with Crippen LogP contribution in [0.25, 0.3) is 0 Å². The molecule has 0 amide bonds. The summed E-state index contributed by atoms with van der Waals surface area (Å²) in [5.41, 5.74) is 0. The van der Waals surface area contributed by atoms with E-state index in [9.17, 15) is 0 Å². The fourth-order valence-corrected chi connectivity index (χ4v) is 1.93. The fourth-order valence-electron chi connectivity index (χ4n) is 1.19. The van der Waals surface area contributed by atoms with Gasteiger partial charge in [-0.25, -0.2) is 9.97 Å². The van der Waals surface area contributed by atoms with Crippen LogP contribution in [0, 0.1) is 0 Å². The zero-order chi connectivity index (χ0) is 9.64. The summed E-state index contributed by atoms with van der Waals surface area (Å²) in [6.45, 7) is 1.13. The zero-order valence-corrected chi connectivity index (χ0v) is 8.96. The summed E-state index contributed by atoms with van der Waals surface area (Å²) in [5.74, 6) is 1.10. The summed E-state index contributed by atoms with van der Waals surface area (Å²) >= 11 is 1.73. The predicted octanol–water partition coefficient (Wildman–Crippen LogP) is 1.71. The van der Waals surface area contributed by atoms with Crippen molar-refractivity contribution in [3.8, 4) is 0 Å². The third-order valence-corrected chi connectivity index (χ3v) is 3.07. The minimum Gasteiger partial charge on any atom is -0.314 e. The average Bonchev–Trinajstić information content (AvgIpc) is 3.03. The van der Waals surface area contributed by atoms with Crippen LogP contribution in [0.2, 0.25) is 0 Å². The van der Waals surface area contributed by atoms with E-state index in [2.05, 4.69) is 15.3 Å². The van der Waals surface area contributed by atoms with Crippen LogP contribution < -0.4 is 5.32 Å². The van der Waals surface area contributed by atoms with Crippen LogP contribution in [0.5, 0.6) is 0 Å². The van der Waals surface area contributed by atoms with Crippen LogP contribution in [-0.4, -0.2) is 28.3 Å². The maximum absolute atomic E-state index is 4.16. The Hall–Kier alpha value is -0.610. The van der Waals surface area contributed by atoms with Gasteiger partial charge in [0.25, 0.3) is 0 Å². The second kappa shape index (κ2) is 5.32. The minimum atomic E-state index is 0.827. The average molecular weight is 209 g/mol. The quantitative estimate of drug-likeness (QED) is 0.440. The molecule has 1 N–H and O–H groups in total. The molecule has 3 nitrogen and oxygen atoms in total. The van der Waals surface area contributed by atoms with Crippen LogP contribution in [-0.2, 0) is 0 Å². The molecule has 0 spiro atoms. The Balaban J connectivity index is 1.54. The first-order valence-corrected chi connectivity index (χ1v) is 6.07. The van der Waals surface area contributed by atoms with Crippen LogP contribution in [0.4, 0.5) is 0 Å². The topological polar surface area (TPSA) is 37.8 Å². The Bertz CT molecular complexity index is 261. The molecule has 4 heteroatoms. The summed E-state index contributed by atoms with van der Waals surface area (Å²) < 4.78 is 0. The van der Waals surface area contributed by atoms with Crippen molar-refractivity contribution in [2.24, 2.45) is 0 Å². The first kappa shape index (κ1) is 9.93. The van der Waals surface area contributed by atoms with Crippen molar-refractivity contribution in [2.45, 2.75) is 30.5 Å². The first-order valence-electron chi connectivity index (χ1n) is 5.08. The molecular weight excluding hydrogens is 194 g/mol. The maximum Gasteiger partial charge on any atom is 0.187 e. The Morgan fingerprint density at radius 2 is 2.14 bits per heavy atom. The molecule has 1 aromatic rings. The second-order valence-electron chi connectivity index (χ2n) is 3.46. The maximum atomic E-state index is 4.16. The molecule has 1 aliphatic carbocycles. The summed E-state index contributed by atoms with van der Waals surface area (Å²) in [6, 6.07) is 2.67. The number of hydrogen-bond donors (Lipinski definition) is 1. The number of aromatic nitrogens is 2. The number of rotatable bonds is 6. The largest absolute Gasteiger partial charge is 0.314 e. The predicted molar refractivity (Wildman–Crippen MR) is 58.4 cm³/mol. The molecule has 0 radical (unpaired) electrons. The van der Waals surface area contributed by atoms with Crippen LogP contribution in [0.3, 0.4) is 0 Å². The van der Waals surface area contributed by atoms with Crippen LogP contribution >= 0.6 is 11.8 Å². The second-order valence-corrected chi connectivity index (χ2v) is 4.52. The van der Waals surface area contributed by atoms with E-state index in [1.54, 1.807) is 24.2 Å². The van der Waals surface area contributed by atoms with Gasteiger partial charge >= 0.3 is 0 Å². The standard InChI is InChI=1S/C10H15N3S/c1-5-12-10(13-6-1)14-8-2-7-11-9-3-4-9/h1,5-6,9,11H,2-4,7-8H2. The lowest BCUT2D eigenvalue weighted by Gasteiger charge is -2.01. The van der Waals surface area contributed by atoms with Gasteiger partial charge in [-0.05, 0) is 31.9 Å². The molecule has 1 saturated carbocycles. The van der Waals surface area contributed by atoms with E-state index >= 15 is 0 Å². The molecule has 0 unspecified atom stereocenters. The fraction of sp³-hybridized carbons (Fsp3) is 0.600. The summed E-state index contributed by atoms with van der Waals surface area (Å²) in [4.78, 5) is 8.31. The van der Waals surface area contributed by atoms with Gasteiger partial charge in [-0.2, -0.15) is 0 Å². The van der Waals surface area contributed by atoms with E-state index in [1.807, 2.05) is 6.07 Å². The number of nitrogens with one attached hydrogen (secondary N) is 1. The molecule has 2 rings (SSSR count). The summed E-state index contributed by atoms with van der Waals surface area (Å²) in [5, 5.41) is 4.38. The lowest BCUT2D eigenvalue weighted by Crippen LogP contribution is -2.17. The van der Waals surface area contributed by atoms with Crippen molar-refractivity contribution in [3.05, 3.63) is 18.5 Å². The normalized spacial score (nSPS) is 15.7. The highest BCUT2D eigenvalue weighted by atomic mass is 32.2. The van der Waals surface area contributed by atoms with Gasteiger partial charge in [-0.1, -0.05) is 11.8 Å². The molecule has 0 aliphatic heterocycles. The molecule has 76 valence electrons. The van der Waals surface area contributed by atoms with Gasteiger partial charge in [0.05, 0.1) is 0 Å². The molecule has 1 fully saturated rings. The van der Waals surface area contributed by atoms with Gasteiger partial charge in [0.1, 0.15) is 0 Å². The number of hydrogen-bond acceptors (Lipinski definition) is 4. The summed E-state index contributed by atoms with van der Waals surface area (Å²) in [7, 11) is 0. The highest BCUT2D eigenvalue weighted by molar-refractivity contribution is 7.99. The Kier molecular flexibility index (Phi) is 3.77. The third-order valence-electron chi connectivity index (χ3n) is 2.10. The van der Waals surface area contributed by atoms with E-state index in [0.29, 0.717) is 0 Å². The molecule has 14 heavy (non-hydrogen) atoms. The van der Waals surface area contributed by atoms with E-state index in [4.69, 9.17) is 0 Å². The Morgan fingerprint density at radius 3 is 2.86 bits per heavy atom. The van der Waals surface area contributed by atoms with E-state index in [1.165, 1.54) is 19.3 Å². The Morgan fingerprint density at radius 1 is 1.36 bits per heavy atom. The molecule has 0 bridgehead atoms. The van der Waals surface area contributed by atoms with Gasteiger partial charge < -0.3 is 5.32 Å². The molecule has 0 saturated heterocycles. The monoisotopic (exact) mass is 209 g/mol. The third kappa shape index (κ3) is 3.64. The Labute approximate surface area is 88.7 Å². The highest BCUT2D eigenvalue weighted by Crippen LogP contribution is 2.18. The number of nitrogens with zero attached hydrogens (tertiary/aromatic N) is 2. The van der Waals surface area contributed by atoms with E-state index in [0.717, 1.165) is 23.5 Å². The molecule has 1 aromatic heterocycles.